The van der Waals surface area contributed by atoms with Crippen molar-refractivity contribution in [3.05, 3.63) is 30.0 Å². The maximum atomic E-state index is 12.0. The number of nitrogens with one attached hydrogen (secondary N) is 1. The fourth-order valence-corrected chi connectivity index (χ4v) is 3.57. The highest BCUT2D eigenvalue weighted by Gasteiger charge is 2.20. The molecule has 0 aliphatic heterocycles. The fraction of sp³-hybridized carbons (Fsp3) is 0.609. The number of nitrogen functional groups attached to an aromatic ring is 1. The molecule has 0 aliphatic carbocycles. The number of hydrogen-bond donors (Lipinski definition) is 3. The van der Waals surface area contributed by atoms with Crippen LogP contribution in [0.25, 0.3) is 10.9 Å². The maximum Gasteiger partial charge on any atom is 0.407 e. The third-order valence-corrected chi connectivity index (χ3v) is 4.97. The Bertz CT molecular complexity index is 792. The number of nitrogens with zero attached hydrogens (tertiary/aromatic N) is 1. The van der Waals surface area contributed by atoms with Gasteiger partial charge in [0, 0.05) is 23.8 Å². The van der Waals surface area contributed by atoms with E-state index in [2.05, 4.69) is 29.1 Å². The van der Waals surface area contributed by atoms with Crippen molar-refractivity contribution in [1.29, 1.82) is 0 Å². The standard InChI is InChI=1S/C23H37N3O3/c1-5-6-7-8-14-26-15-17(21-19(24)10-9-11-20(21)26)12-13-18(16-27)25-22(28)29-23(2,3)4/h9-11,15,18,27H,5-8,12-14,16,24H2,1-4H3,(H,25,28)/t18-/m0/s1. The zero-order valence-electron chi connectivity index (χ0n) is 18.3. The molecule has 0 radical (unpaired) electrons. The van der Waals surface area contributed by atoms with Gasteiger partial charge in [-0.1, -0.05) is 32.3 Å². The minimum Gasteiger partial charge on any atom is -0.444 e. The van der Waals surface area contributed by atoms with Crippen LogP contribution in [0, 0.1) is 0 Å². The predicted octanol–water partition coefficient (Wildman–Crippen LogP) is 4.62. The lowest BCUT2D eigenvalue weighted by atomic mass is 10.0. The lowest BCUT2D eigenvalue weighted by Gasteiger charge is -2.22. The first-order valence-corrected chi connectivity index (χ1v) is 10.7. The molecule has 0 unspecified atom stereocenters. The molecule has 0 fully saturated rings. The van der Waals surface area contributed by atoms with Gasteiger partial charge in [-0.25, -0.2) is 4.79 Å². The Kier molecular flexibility index (Phi) is 8.38. The van der Waals surface area contributed by atoms with Crippen molar-refractivity contribution >= 4 is 22.7 Å². The molecule has 0 spiro atoms. The number of carbonyl (C=O) groups excluding carboxylic acids is 1. The molecular formula is C23H37N3O3. The quantitative estimate of drug-likeness (QED) is 0.399. The number of hydrogen-bond acceptors (Lipinski definition) is 4. The van der Waals surface area contributed by atoms with E-state index in [-0.39, 0.29) is 12.6 Å². The number of benzene rings is 1. The van der Waals surface area contributed by atoms with E-state index in [1.54, 1.807) is 0 Å². The topological polar surface area (TPSA) is 89.5 Å². The number of fused-ring (bicyclic) bond motifs is 1. The number of amides is 1. The number of carbonyl (C=O) groups is 1. The molecule has 1 heterocycles. The predicted molar refractivity (Wildman–Crippen MR) is 119 cm³/mol. The summed E-state index contributed by atoms with van der Waals surface area (Å²) < 4.78 is 7.58. The molecule has 2 rings (SSSR count). The average molecular weight is 404 g/mol. The van der Waals surface area contributed by atoms with Gasteiger partial charge in [0.2, 0.25) is 0 Å². The summed E-state index contributed by atoms with van der Waals surface area (Å²) in [6.07, 6.45) is 7.84. The summed E-state index contributed by atoms with van der Waals surface area (Å²) >= 11 is 0. The van der Waals surface area contributed by atoms with Gasteiger partial charge < -0.3 is 25.5 Å². The van der Waals surface area contributed by atoms with Crippen molar-refractivity contribution in [3.8, 4) is 0 Å². The zero-order chi connectivity index (χ0) is 21.4. The minimum atomic E-state index is -0.566. The first kappa shape index (κ1) is 23.1. The van der Waals surface area contributed by atoms with Crippen LogP contribution in [0.3, 0.4) is 0 Å². The van der Waals surface area contributed by atoms with Gasteiger partial charge in [0.15, 0.2) is 0 Å². The molecule has 29 heavy (non-hydrogen) atoms. The molecule has 1 aromatic carbocycles. The summed E-state index contributed by atoms with van der Waals surface area (Å²) in [4.78, 5) is 12.0. The molecular weight excluding hydrogens is 366 g/mol. The van der Waals surface area contributed by atoms with E-state index >= 15 is 0 Å². The largest absolute Gasteiger partial charge is 0.444 e. The van der Waals surface area contributed by atoms with E-state index in [1.807, 2.05) is 32.9 Å². The van der Waals surface area contributed by atoms with Crippen molar-refractivity contribution in [2.24, 2.45) is 0 Å². The van der Waals surface area contributed by atoms with Gasteiger partial charge in [0.25, 0.3) is 0 Å². The van der Waals surface area contributed by atoms with Crippen LogP contribution >= 0.6 is 0 Å². The summed E-state index contributed by atoms with van der Waals surface area (Å²) in [7, 11) is 0. The highest BCUT2D eigenvalue weighted by Crippen LogP contribution is 2.28. The molecule has 4 N–H and O–H groups in total. The van der Waals surface area contributed by atoms with Crippen molar-refractivity contribution in [1.82, 2.24) is 9.88 Å². The second-order valence-corrected chi connectivity index (χ2v) is 8.71. The Hall–Kier alpha value is -2.21. The number of nitrogens with two attached hydrogens (primary N) is 1. The van der Waals surface area contributed by atoms with Crippen molar-refractivity contribution in [2.75, 3.05) is 12.3 Å². The number of rotatable bonds is 10. The summed E-state index contributed by atoms with van der Waals surface area (Å²) in [5.74, 6) is 0. The molecule has 6 heteroatoms. The van der Waals surface area contributed by atoms with Gasteiger partial charge in [0.1, 0.15) is 5.60 Å². The number of anilines is 1. The Balaban J connectivity index is 2.08. The van der Waals surface area contributed by atoms with Crippen LogP contribution in [0.2, 0.25) is 0 Å². The lowest BCUT2D eigenvalue weighted by Crippen LogP contribution is -2.41. The molecule has 1 atom stereocenters. The van der Waals surface area contributed by atoms with Gasteiger partial charge in [-0.05, 0) is 57.7 Å². The molecule has 0 saturated heterocycles. The highest BCUT2D eigenvalue weighted by atomic mass is 16.6. The number of aliphatic hydroxyl groups is 1. The van der Waals surface area contributed by atoms with E-state index < -0.39 is 11.7 Å². The smallest absolute Gasteiger partial charge is 0.407 e. The van der Waals surface area contributed by atoms with E-state index in [9.17, 15) is 9.90 Å². The maximum absolute atomic E-state index is 12.0. The molecule has 0 aliphatic rings. The van der Waals surface area contributed by atoms with Crippen LogP contribution < -0.4 is 11.1 Å². The van der Waals surface area contributed by atoms with Crippen LogP contribution in [0.15, 0.2) is 24.4 Å². The lowest BCUT2D eigenvalue weighted by molar-refractivity contribution is 0.0479. The van der Waals surface area contributed by atoms with Crippen molar-refractivity contribution in [3.63, 3.8) is 0 Å². The van der Waals surface area contributed by atoms with Gasteiger partial charge in [-0.3, -0.25) is 0 Å². The Morgan fingerprint density at radius 2 is 2.03 bits per heavy atom. The van der Waals surface area contributed by atoms with E-state index in [0.29, 0.717) is 12.8 Å². The number of unbranched alkanes of at least 4 members (excludes halogenated alkanes) is 3. The first-order chi connectivity index (χ1) is 13.7. The fourth-order valence-electron chi connectivity index (χ4n) is 3.57. The molecule has 2 aromatic rings. The molecule has 162 valence electrons. The van der Waals surface area contributed by atoms with Gasteiger partial charge in [0.05, 0.1) is 18.2 Å². The van der Waals surface area contributed by atoms with E-state index in [0.717, 1.165) is 35.1 Å². The molecule has 6 nitrogen and oxygen atoms in total. The van der Waals surface area contributed by atoms with Crippen molar-refractivity contribution < 1.29 is 14.6 Å². The van der Waals surface area contributed by atoms with E-state index in [1.165, 1.54) is 19.3 Å². The van der Waals surface area contributed by atoms with Crippen LogP contribution in [-0.4, -0.2) is 34.0 Å². The zero-order valence-corrected chi connectivity index (χ0v) is 18.3. The number of aromatic nitrogens is 1. The van der Waals surface area contributed by atoms with Gasteiger partial charge in [-0.2, -0.15) is 0 Å². The summed E-state index contributed by atoms with van der Waals surface area (Å²) in [5.41, 5.74) is 8.79. The second-order valence-electron chi connectivity index (χ2n) is 8.71. The number of alkyl carbamates (subject to hydrolysis) is 1. The first-order valence-electron chi connectivity index (χ1n) is 10.7. The second kappa shape index (κ2) is 10.5. The minimum absolute atomic E-state index is 0.135. The normalized spacial score (nSPS) is 12.9. The molecule has 1 aromatic heterocycles. The number of aliphatic hydroxyl groups excluding tert-OH is 1. The summed E-state index contributed by atoms with van der Waals surface area (Å²) in [5, 5.41) is 13.5. The van der Waals surface area contributed by atoms with Gasteiger partial charge in [-0.15, -0.1) is 0 Å². The Morgan fingerprint density at radius 3 is 2.69 bits per heavy atom. The third-order valence-electron chi connectivity index (χ3n) is 4.97. The Morgan fingerprint density at radius 1 is 1.28 bits per heavy atom. The SMILES string of the molecule is CCCCCCn1cc(CC[C@@H](CO)NC(=O)OC(C)(C)C)c2c(N)cccc21. The van der Waals surface area contributed by atoms with E-state index in [4.69, 9.17) is 10.5 Å². The number of aryl methyl sites for hydroxylation is 2. The average Bonchev–Trinajstić information content (AvgIpc) is 3.00. The Labute approximate surface area is 174 Å². The monoisotopic (exact) mass is 403 g/mol. The molecule has 0 saturated carbocycles. The molecule has 0 bridgehead atoms. The third kappa shape index (κ3) is 6.96. The van der Waals surface area contributed by atoms with Crippen molar-refractivity contribution in [2.45, 2.75) is 84.4 Å². The molecule has 1 amide bonds. The summed E-state index contributed by atoms with van der Waals surface area (Å²) in [6.45, 7) is 8.51. The summed E-state index contributed by atoms with van der Waals surface area (Å²) in [6, 6.07) is 5.66. The van der Waals surface area contributed by atoms with Crippen LogP contribution in [0.5, 0.6) is 0 Å². The highest BCUT2D eigenvalue weighted by molar-refractivity contribution is 5.94. The van der Waals surface area contributed by atoms with Crippen LogP contribution in [0.4, 0.5) is 10.5 Å². The number of ether oxygens (including phenoxy) is 1. The van der Waals surface area contributed by atoms with Gasteiger partial charge >= 0.3 is 6.09 Å². The van der Waals surface area contributed by atoms with Crippen LogP contribution in [-0.2, 0) is 17.7 Å². The van der Waals surface area contributed by atoms with Crippen LogP contribution in [0.1, 0.15) is 65.4 Å².